The van der Waals surface area contributed by atoms with E-state index in [-0.39, 0.29) is 18.2 Å². The SMILES string of the molecule is C/C(=N\N=C1/NC(=O)C(CC(=O)Nc2ccc(Cl)cc2)S1)c1ccc(Cl)cc1. The third-order valence-electron chi connectivity index (χ3n) is 3.83. The van der Waals surface area contributed by atoms with Crippen LogP contribution in [0.2, 0.25) is 10.0 Å². The predicted molar refractivity (Wildman–Crippen MR) is 115 cm³/mol. The molecular weight excluding hydrogens is 419 g/mol. The van der Waals surface area contributed by atoms with E-state index >= 15 is 0 Å². The third kappa shape index (κ3) is 5.58. The fourth-order valence-corrected chi connectivity index (χ4v) is 3.54. The number of thioether (sulfide) groups is 1. The number of nitrogens with one attached hydrogen (secondary N) is 2. The lowest BCUT2D eigenvalue weighted by atomic mass is 10.1. The maximum atomic E-state index is 12.2. The van der Waals surface area contributed by atoms with Crippen molar-refractivity contribution in [3.05, 3.63) is 64.1 Å². The summed E-state index contributed by atoms with van der Waals surface area (Å²) in [6.07, 6.45) is 0.0258. The van der Waals surface area contributed by atoms with Crippen molar-refractivity contribution in [2.45, 2.75) is 18.6 Å². The number of carbonyl (C=O) groups is 2. The fourth-order valence-electron chi connectivity index (χ4n) is 2.37. The van der Waals surface area contributed by atoms with E-state index in [1.54, 1.807) is 36.4 Å². The van der Waals surface area contributed by atoms with Crippen LogP contribution in [0.3, 0.4) is 0 Å². The smallest absolute Gasteiger partial charge is 0.240 e. The number of nitrogens with zero attached hydrogens (tertiary/aromatic N) is 2. The van der Waals surface area contributed by atoms with Crippen LogP contribution >= 0.6 is 35.0 Å². The highest BCUT2D eigenvalue weighted by Gasteiger charge is 2.32. The first-order valence-electron chi connectivity index (χ1n) is 8.32. The van der Waals surface area contributed by atoms with Crippen LogP contribution in [0.4, 0.5) is 5.69 Å². The second-order valence-electron chi connectivity index (χ2n) is 5.95. The fraction of sp³-hybridized carbons (Fsp3) is 0.158. The minimum Gasteiger partial charge on any atom is -0.326 e. The standard InChI is InChI=1S/C19H16Cl2N4O2S/c1-11(12-2-4-13(20)5-3-12)24-25-19-23-18(27)16(28-19)10-17(26)22-15-8-6-14(21)7-9-15/h2-9,16H,10H2,1H3,(H,22,26)(H,23,25,27)/b24-11+. The summed E-state index contributed by atoms with van der Waals surface area (Å²) < 4.78 is 0. The zero-order valence-electron chi connectivity index (χ0n) is 14.8. The van der Waals surface area contributed by atoms with E-state index in [0.717, 1.165) is 5.56 Å². The molecule has 28 heavy (non-hydrogen) atoms. The summed E-state index contributed by atoms with van der Waals surface area (Å²) in [6, 6.07) is 14.0. The number of benzene rings is 2. The Morgan fingerprint density at radius 1 is 1.11 bits per heavy atom. The normalized spacial score (nSPS) is 18.2. The molecule has 3 rings (SSSR count). The van der Waals surface area contributed by atoms with Crippen molar-refractivity contribution < 1.29 is 9.59 Å². The summed E-state index contributed by atoms with van der Waals surface area (Å²) in [4.78, 5) is 24.3. The first kappa shape index (κ1) is 20.4. The molecule has 2 aromatic rings. The second-order valence-corrected chi connectivity index (χ2v) is 8.02. The summed E-state index contributed by atoms with van der Waals surface area (Å²) >= 11 is 12.9. The van der Waals surface area contributed by atoms with Gasteiger partial charge in [0, 0.05) is 22.2 Å². The predicted octanol–water partition coefficient (Wildman–Crippen LogP) is 4.33. The number of amidine groups is 1. The summed E-state index contributed by atoms with van der Waals surface area (Å²) in [5.74, 6) is -0.536. The van der Waals surface area contributed by atoms with Crippen molar-refractivity contribution in [3.63, 3.8) is 0 Å². The summed E-state index contributed by atoms with van der Waals surface area (Å²) in [6.45, 7) is 1.81. The zero-order valence-corrected chi connectivity index (χ0v) is 17.1. The van der Waals surface area contributed by atoms with Crippen LogP contribution in [0.25, 0.3) is 0 Å². The first-order valence-corrected chi connectivity index (χ1v) is 9.95. The summed E-state index contributed by atoms with van der Waals surface area (Å²) in [5.41, 5.74) is 2.18. The molecule has 1 fully saturated rings. The van der Waals surface area contributed by atoms with Crippen LogP contribution in [-0.4, -0.2) is 27.9 Å². The number of anilines is 1. The Labute approximate surface area is 176 Å². The molecule has 1 saturated heterocycles. The van der Waals surface area contributed by atoms with Crippen LogP contribution in [-0.2, 0) is 9.59 Å². The number of rotatable bonds is 5. The molecular formula is C19H16Cl2N4O2S. The molecule has 144 valence electrons. The molecule has 9 heteroatoms. The van der Waals surface area contributed by atoms with Crippen LogP contribution in [0.15, 0.2) is 58.7 Å². The Morgan fingerprint density at radius 3 is 2.36 bits per heavy atom. The van der Waals surface area contributed by atoms with Crippen LogP contribution in [0.1, 0.15) is 18.9 Å². The topological polar surface area (TPSA) is 82.9 Å². The van der Waals surface area contributed by atoms with E-state index in [1.165, 1.54) is 11.8 Å². The lowest BCUT2D eigenvalue weighted by Gasteiger charge is -2.07. The van der Waals surface area contributed by atoms with Crippen LogP contribution in [0, 0.1) is 0 Å². The van der Waals surface area contributed by atoms with E-state index in [1.807, 2.05) is 19.1 Å². The molecule has 0 radical (unpaired) electrons. The van der Waals surface area contributed by atoms with Gasteiger partial charge >= 0.3 is 0 Å². The van der Waals surface area contributed by atoms with Crippen molar-refractivity contribution in [3.8, 4) is 0 Å². The van der Waals surface area contributed by atoms with Gasteiger partial charge in [-0.3, -0.25) is 9.59 Å². The lowest BCUT2D eigenvalue weighted by Crippen LogP contribution is -2.28. The number of amides is 2. The van der Waals surface area contributed by atoms with Gasteiger partial charge in [0.25, 0.3) is 0 Å². The van der Waals surface area contributed by atoms with E-state index in [4.69, 9.17) is 23.2 Å². The molecule has 1 atom stereocenters. The molecule has 2 amide bonds. The minimum atomic E-state index is -0.558. The van der Waals surface area contributed by atoms with Gasteiger partial charge in [-0.25, -0.2) is 0 Å². The number of hydrogen-bond donors (Lipinski definition) is 2. The van der Waals surface area contributed by atoms with Gasteiger partial charge in [0.05, 0.1) is 5.71 Å². The molecule has 0 spiro atoms. The molecule has 1 aliphatic rings. The quantitative estimate of drug-likeness (QED) is 0.542. The maximum absolute atomic E-state index is 12.2. The van der Waals surface area contributed by atoms with Crippen molar-refractivity contribution >= 4 is 63.3 Å². The molecule has 1 unspecified atom stereocenters. The highest BCUT2D eigenvalue weighted by atomic mass is 35.5. The van der Waals surface area contributed by atoms with E-state index < -0.39 is 5.25 Å². The second kappa shape index (κ2) is 9.23. The van der Waals surface area contributed by atoms with Crippen molar-refractivity contribution in [1.29, 1.82) is 0 Å². The molecule has 2 aromatic carbocycles. The van der Waals surface area contributed by atoms with Gasteiger partial charge in [0.15, 0.2) is 5.17 Å². The van der Waals surface area contributed by atoms with Gasteiger partial charge in [0.1, 0.15) is 5.25 Å². The van der Waals surface area contributed by atoms with Gasteiger partial charge in [-0.2, -0.15) is 5.10 Å². The van der Waals surface area contributed by atoms with Crippen molar-refractivity contribution in [2.24, 2.45) is 10.2 Å². The molecule has 1 aliphatic heterocycles. The summed E-state index contributed by atoms with van der Waals surface area (Å²) in [7, 11) is 0. The van der Waals surface area contributed by atoms with Crippen LogP contribution in [0.5, 0.6) is 0 Å². The van der Waals surface area contributed by atoms with E-state index in [9.17, 15) is 9.59 Å². The number of hydrogen-bond acceptors (Lipinski definition) is 5. The minimum absolute atomic E-state index is 0.0258. The average molecular weight is 435 g/mol. The Bertz CT molecular complexity index is 943. The van der Waals surface area contributed by atoms with Crippen LogP contribution < -0.4 is 10.6 Å². The van der Waals surface area contributed by atoms with Gasteiger partial charge in [0.2, 0.25) is 11.8 Å². The van der Waals surface area contributed by atoms with Crippen molar-refractivity contribution in [1.82, 2.24) is 5.32 Å². The maximum Gasteiger partial charge on any atom is 0.240 e. The van der Waals surface area contributed by atoms with Gasteiger partial charge < -0.3 is 10.6 Å². The Kier molecular flexibility index (Phi) is 6.72. The van der Waals surface area contributed by atoms with Gasteiger partial charge in [-0.05, 0) is 48.9 Å². The molecule has 0 saturated carbocycles. The zero-order chi connectivity index (χ0) is 20.1. The Balaban J connectivity index is 1.58. The van der Waals surface area contributed by atoms with E-state index in [0.29, 0.717) is 26.6 Å². The number of halogens is 2. The first-order chi connectivity index (χ1) is 13.4. The highest BCUT2D eigenvalue weighted by Crippen LogP contribution is 2.23. The monoisotopic (exact) mass is 434 g/mol. The average Bonchev–Trinajstić information content (AvgIpc) is 3.01. The van der Waals surface area contributed by atoms with Gasteiger partial charge in [-0.15, -0.1) is 5.10 Å². The summed E-state index contributed by atoms with van der Waals surface area (Å²) in [5, 5.41) is 14.6. The molecule has 6 nitrogen and oxygen atoms in total. The highest BCUT2D eigenvalue weighted by molar-refractivity contribution is 8.15. The molecule has 0 aromatic heterocycles. The number of carbonyl (C=O) groups excluding carboxylic acids is 2. The molecule has 0 aliphatic carbocycles. The Morgan fingerprint density at radius 2 is 1.71 bits per heavy atom. The van der Waals surface area contributed by atoms with Gasteiger partial charge in [-0.1, -0.05) is 47.1 Å². The van der Waals surface area contributed by atoms with E-state index in [2.05, 4.69) is 20.8 Å². The lowest BCUT2D eigenvalue weighted by molar-refractivity contribution is -0.122. The molecule has 2 N–H and O–H groups in total. The molecule has 0 bridgehead atoms. The largest absolute Gasteiger partial charge is 0.326 e. The molecule has 1 heterocycles. The van der Waals surface area contributed by atoms with Crippen molar-refractivity contribution in [2.75, 3.05) is 5.32 Å². The Hall–Kier alpha value is -2.35. The third-order valence-corrected chi connectivity index (χ3v) is 5.40.